The molecule has 0 atom stereocenters. The van der Waals surface area contributed by atoms with Crippen LogP contribution < -0.4 is 11.5 Å². The molecule has 20 heavy (non-hydrogen) atoms. The number of carboxylic acids is 1. The van der Waals surface area contributed by atoms with E-state index >= 15 is 0 Å². The quantitative estimate of drug-likeness (QED) is 0.528. The average molecular weight is 282 g/mol. The average Bonchev–Trinajstić information content (AvgIpc) is 2.74. The van der Waals surface area contributed by atoms with Gasteiger partial charge < -0.3 is 26.0 Å². The number of nitrogens with two attached hydrogens (primary N) is 2. The van der Waals surface area contributed by atoms with Crippen LogP contribution in [-0.2, 0) is 20.9 Å². The summed E-state index contributed by atoms with van der Waals surface area (Å²) in [4.78, 5) is 45.4. The molecule has 0 aromatic carbocycles. The first-order valence-corrected chi connectivity index (χ1v) is 5.54. The number of primary amides is 2. The molecule has 9 nitrogen and oxygen atoms in total. The number of nitrogens with zero attached hydrogens (tertiary/aromatic N) is 2. The van der Waals surface area contributed by atoms with Crippen molar-refractivity contribution in [2.24, 2.45) is 11.5 Å². The monoisotopic (exact) mass is 282 g/mol. The molecule has 0 spiro atoms. The minimum absolute atomic E-state index is 0.0866. The molecule has 9 heteroatoms. The number of rotatable bonds is 7. The van der Waals surface area contributed by atoms with Gasteiger partial charge in [0.05, 0.1) is 13.1 Å². The maximum atomic E-state index is 12.0. The van der Waals surface area contributed by atoms with Gasteiger partial charge in [-0.2, -0.15) is 0 Å². The van der Waals surface area contributed by atoms with Crippen LogP contribution in [-0.4, -0.2) is 51.4 Å². The molecule has 0 saturated heterocycles. The third kappa shape index (κ3) is 4.12. The first kappa shape index (κ1) is 15.2. The lowest BCUT2D eigenvalue weighted by molar-refractivity contribution is -0.138. The van der Waals surface area contributed by atoms with Crippen LogP contribution in [0.15, 0.2) is 18.3 Å². The fraction of sp³-hybridized carbons (Fsp3) is 0.273. The zero-order valence-corrected chi connectivity index (χ0v) is 10.5. The Kier molecular flexibility index (Phi) is 4.84. The summed E-state index contributed by atoms with van der Waals surface area (Å²) in [6, 6.07) is 2.78. The van der Waals surface area contributed by atoms with Crippen LogP contribution in [0.2, 0.25) is 0 Å². The summed E-state index contributed by atoms with van der Waals surface area (Å²) in [5.74, 6) is -3.43. The minimum Gasteiger partial charge on any atom is -0.477 e. The van der Waals surface area contributed by atoms with Gasteiger partial charge in [-0.15, -0.1) is 0 Å². The number of aromatic nitrogens is 1. The lowest BCUT2D eigenvalue weighted by Crippen LogP contribution is -2.44. The molecule has 0 aliphatic carbocycles. The highest BCUT2D eigenvalue weighted by Crippen LogP contribution is 2.04. The van der Waals surface area contributed by atoms with Crippen LogP contribution in [0.5, 0.6) is 0 Å². The van der Waals surface area contributed by atoms with Gasteiger partial charge >= 0.3 is 5.97 Å². The van der Waals surface area contributed by atoms with E-state index in [1.54, 1.807) is 0 Å². The second-order valence-electron chi connectivity index (χ2n) is 4.01. The summed E-state index contributed by atoms with van der Waals surface area (Å²) in [7, 11) is 0. The lowest BCUT2D eigenvalue weighted by atomic mass is 10.4. The Balaban J connectivity index is 2.84. The molecule has 0 fully saturated rings. The number of carbonyl (C=O) groups excluding carboxylic acids is 3. The Hall–Kier alpha value is -2.84. The fourth-order valence-corrected chi connectivity index (χ4v) is 1.60. The van der Waals surface area contributed by atoms with Crippen molar-refractivity contribution >= 4 is 23.7 Å². The normalized spacial score (nSPS) is 10.0. The van der Waals surface area contributed by atoms with Crippen LogP contribution in [0.25, 0.3) is 0 Å². The Labute approximate surface area is 113 Å². The fourth-order valence-electron chi connectivity index (χ4n) is 1.60. The number of aromatic carboxylic acids is 1. The van der Waals surface area contributed by atoms with Crippen LogP contribution in [0.3, 0.4) is 0 Å². The van der Waals surface area contributed by atoms with Crippen molar-refractivity contribution in [2.45, 2.75) is 6.54 Å². The predicted octanol–water partition coefficient (Wildman–Crippen LogP) is -2.01. The van der Waals surface area contributed by atoms with E-state index in [-0.39, 0.29) is 12.2 Å². The Morgan fingerprint density at radius 3 is 2.15 bits per heavy atom. The summed E-state index contributed by atoms with van der Waals surface area (Å²) < 4.78 is 1.18. The maximum absolute atomic E-state index is 12.0. The summed E-state index contributed by atoms with van der Waals surface area (Å²) in [5, 5.41) is 8.90. The number of hydrogen-bond donors (Lipinski definition) is 3. The summed E-state index contributed by atoms with van der Waals surface area (Å²) in [6.07, 6.45) is 1.40. The van der Waals surface area contributed by atoms with Gasteiger partial charge in [-0.1, -0.05) is 0 Å². The Morgan fingerprint density at radius 1 is 1.15 bits per heavy atom. The molecule has 5 N–H and O–H groups in total. The third-order valence-electron chi connectivity index (χ3n) is 2.40. The van der Waals surface area contributed by atoms with E-state index < -0.39 is 36.8 Å². The van der Waals surface area contributed by atoms with Gasteiger partial charge in [0, 0.05) is 6.20 Å². The molecular weight excluding hydrogens is 268 g/mol. The number of amides is 3. The van der Waals surface area contributed by atoms with Gasteiger partial charge in [0.25, 0.3) is 0 Å². The van der Waals surface area contributed by atoms with Crippen molar-refractivity contribution in [2.75, 3.05) is 13.1 Å². The molecule has 0 radical (unpaired) electrons. The summed E-state index contributed by atoms with van der Waals surface area (Å²) >= 11 is 0. The van der Waals surface area contributed by atoms with Crippen LogP contribution in [0, 0.1) is 0 Å². The largest absolute Gasteiger partial charge is 0.477 e. The van der Waals surface area contributed by atoms with Crippen LogP contribution in [0.1, 0.15) is 10.5 Å². The van der Waals surface area contributed by atoms with Gasteiger partial charge in [-0.05, 0) is 12.1 Å². The molecule has 1 heterocycles. The van der Waals surface area contributed by atoms with E-state index in [4.69, 9.17) is 16.6 Å². The van der Waals surface area contributed by atoms with Crippen molar-refractivity contribution in [1.82, 2.24) is 9.47 Å². The van der Waals surface area contributed by atoms with Gasteiger partial charge in [0.15, 0.2) is 0 Å². The summed E-state index contributed by atoms with van der Waals surface area (Å²) in [5.41, 5.74) is 9.86. The molecular formula is C11H14N4O5. The second kappa shape index (κ2) is 6.36. The van der Waals surface area contributed by atoms with Gasteiger partial charge in [0.2, 0.25) is 17.7 Å². The van der Waals surface area contributed by atoms with Gasteiger partial charge in [-0.25, -0.2) is 4.79 Å². The molecule has 3 amide bonds. The number of carboxylic acid groups (broad SMARTS) is 1. The molecule has 0 saturated carbocycles. The second-order valence-corrected chi connectivity index (χ2v) is 4.01. The van der Waals surface area contributed by atoms with Crippen molar-refractivity contribution in [3.63, 3.8) is 0 Å². The van der Waals surface area contributed by atoms with E-state index in [0.29, 0.717) is 0 Å². The topological polar surface area (TPSA) is 149 Å². The first-order valence-electron chi connectivity index (χ1n) is 5.54. The van der Waals surface area contributed by atoms with Crippen LogP contribution >= 0.6 is 0 Å². The van der Waals surface area contributed by atoms with E-state index in [9.17, 15) is 19.2 Å². The molecule has 1 rings (SSSR count). The van der Waals surface area contributed by atoms with E-state index in [0.717, 1.165) is 4.90 Å². The van der Waals surface area contributed by atoms with Crippen molar-refractivity contribution < 1.29 is 24.3 Å². The molecule has 1 aromatic rings. The van der Waals surface area contributed by atoms with Gasteiger partial charge in [-0.3, -0.25) is 14.4 Å². The molecule has 0 aliphatic heterocycles. The standard InChI is InChI=1S/C11H14N4O5/c12-8(16)4-15(5-9(13)17)10(18)6-14-3-1-2-7(14)11(19)20/h1-3H,4-6H2,(H2,12,16)(H2,13,17)(H,19,20). The Bertz CT molecular complexity index is 535. The van der Waals surface area contributed by atoms with E-state index in [1.165, 1.54) is 22.9 Å². The smallest absolute Gasteiger partial charge is 0.352 e. The van der Waals surface area contributed by atoms with E-state index in [1.807, 2.05) is 0 Å². The molecule has 0 bridgehead atoms. The van der Waals surface area contributed by atoms with Crippen LogP contribution in [0.4, 0.5) is 0 Å². The SMILES string of the molecule is NC(=O)CN(CC(N)=O)C(=O)Cn1cccc1C(=O)O. The highest BCUT2D eigenvalue weighted by Gasteiger charge is 2.20. The minimum atomic E-state index is -1.20. The van der Waals surface area contributed by atoms with Gasteiger partial charge in [0.1, 0.15) is 12.2 Å². The number of carbonyl (C=O) groups is 4. The number of hydrogen-bond acceptors (Lipinski definition) is 4. The van der Waals surface area contributed by atoms with Crippen molar-refractivity contribution in [3.05, 3.63) is 24.0 Å². The molecule has 1 aromatic heterocycles. The molecule has 0 aliphatic rings. The molecule has 0 unspecified atom stereocenters. The zero-order chi connectivity index (χ0) is 15.3. The zero-order valence-electron chi connectivity index (χ0n) is 10.5. The van der Waals surface area contributed by atoms with E-state index in [2.05, 4.69) is 0 Å². The Morgan fingerprint density at radius 2 is 1.70 bits per heavy atom. The van der Waals surface area contributed by atoms with Crippen molar-refractivity contribution in [1.29, 1.82) is 0 Å². The molecule has 108 valence electrons. The lowest BCUT2D eigenvalue weighted by Gasteiger charge is -2.20. The van der Waals surface area contributed by atoms with Crippen molar-refractivity contribution in [3.8, 4) is 0 Å². The summed E-state index contributed by atoms with van der Waals surface area (Å²) in [6.45, 7) is -1.27. The predicted molar refractivity (Wildman–Crippen MR) is 66.4 cm³/mol. The highest BCUT2D eigenvalue weighted by atomic mass is 16.4. The highest BCUT2D eigenvalue weighted by molar-refractivity contribution is 5.89. The maximum Gasteiger partial charge on any atom is 0.352 e. The first-order chi connectivity index (χ1) is 9.31. The third-order valence-corrected chi connectivity index (χ3v) is 2.40.